The second-order valence-electron chi connectivity index (χ2n) is 13.4. The van der Waals surface area contributed by atoms with E-state index in [1.807, 2.05) is 53.9 Å². The Morgan fingerprint density at radius 2 is 1.34 bits per heavy atom. The van der Waals surface area contributed by atoms with Crippen molar-refractivity contribution in [2.24, 2.45) is 5.41 Å². The standard InChI is InChI=1S/C36H34N2O2S7/c1-3-37-31(39)23(45-33(37)41)16-19-15-21-25(35(19)11-7-5-8-12-35)28-26(36(21)13-9-6-10-14-36)29-30(47-28)27-22(44-29)17-20(43-27)18-24-32(40)38(4-2)34(42)46-24/h15-18H,3-14H2,1-2H3/b23-16-,24-18-. The van der Waals surface area contributed by atoms with Crippen LogP contribution in [-0.4, -0.2) is 43.3 Å². The highest BCUT2D eigenvalue weighted by atomic mass is 32.2. The molecule has 5 heterocycles. The van der Waals surface area contributed by atoms with Gasteiger partial charge in [0.05, 0.1) is 23.9 Å². The van der Waals surface area contributed by atoms with Crippen LogP contribution in [0.1, 0.15) is 93.4 Å². The van der Waals surface area contributed by atoms with Gasteiger partial charge in [0, 0.05) is 38.4 Å². The number of thiophene rings is 3. The van der Waals surface area contributed by atoms with Gasteiger partial charge in [0.25, 0.3) is 11.8 Å². The van der Waals surface area contributed by atoms with Crippen molar-refractivity contribution < 1.29 is 9.59 Å². The minimum Gasteiger partial charge on any atom is -0.293 e. The van der Waals surface area contributed by atoms with E-state index in [4.69, 9.17) is 24.4 Å². The Bertz CT molecular complexity index is 2070. The summed E-state index contributed by atoms with van der Waals surface area (Å²) in [5.41, 5.74) is 6.20. The average molecular weight is 751 g/mol. The summed E-state index contributed by atoms with van der Waals surface area (Å²) in [5, 5.41) is 0. The maximum absolute atomic E-state index is 13.4. The minimum absolute atomic E-state index is 0.0254. The Morgan fingerprint density at radius 3 is 1.94 bits per heavy atom. The molecule has 0 unspecified atom stereocenters. The van der Waals surface area contributed by atoms with Crippen LogP contribution in [0.25, 0.3) is 30.4 Å². The van der Waals surface area contributed by atoms with Crippen LogP contribution in [-0.2, 0) is 15.0 Å². The fourth-order valence-corrected chi connectivity index (χ4v) is 16.5. The monoisotopic (exact) mass is 750 g/mol. The van der Waals surface area contributed by atoms with Gasteiger partial charge in [0.15, 0.2) is 0 Å². The van der Waals surface area contributed by atoms with Crippen molar-refractivity contribution in [1.29, 1.82) is 0 Å². The van der Waals surface area contributed by atoms with Crippen LogP contribution >= 0.6 is 82.0 Å². The first-order valence-electron chi connectivity index (χ1n) is 16.8. The number of rotatable bonds is 4. The van der Waals surface area contributed by atoms with Crippen molar-refractivity contribution in [2.75, 3.05) is 13.1 Å². The van der Waals surface area contributed by atoms with Gasteiger partial charge in [-0.25, -0.2) is 0 Å². The Morgan fingerprint density at radius 1 is 0.745 bits per heavy atom. The number of allylic oxidation sites excluding steroid dienone is 5. The van der Waals surface area contributed by atoms with Crippen LogP contribution in [0.4, 0.5) is 0 Å². The number of amides is 2. The van der Waals surface area contributed by atoms with Crippen LogP contribution < -0.4 is 0 Å². The molecule has 3 aromatic rings. The van der Waals surface area contributed by atoms with E-state index in [1.165, 1.54) is 104 Å². The fourth-order valence-electron chi connectivity index (χ4n) is 9.07. The molecule has 0 bridgehead atoms. The highest BCUT2D eigenvalue weighted by molar-refractivity contribution is 8.27. The van der Waals surface area contributed by atoms with Gasteiger partial charge in [-0.2, -0.15) is 0 Å². The molecule has 2 amide bonds. The topological polar surface area (TPSA) is 40.6 Å². The van der Waals surface area contributed by atoms with Crippen LogP contribution in [0, 0.1) is 5.41 Å². The van der Waals surface area contributed by atoms with Gasteiger partial charge >= 0.3 is 0 Å². The zero-order chi connectivity index (χ0) is 32.2. The van der Waals surface area contributed by atoms with E-state index in [1.54, 1.807) is 26.5 Å². The molecule has 6 aliphatic rings. The predicted octanol–water partition coefficient (Wildman–Crippen LogP) is 11.0. The Labute approximate surface area is 306 Å². The van der Waals surface area contributed by atoms with Crippen molar-refractivity contribution >= 4 is 133 Å². The lowest BCUT2D eigenvalue weighted by molar-refractivity contribution is -0.122. The summed E-state index contributed by atoms with van der Waals surface area (Å²) in [5.74, 6) is 0.0938. The number of carbonyl (C=O) groups is 2. The van der Waals surface area contributed by atoms with E-state index in [9.17, 15) is 9.59 Å². The van der Waals surface area contributed by atoms with E-state index in [0.717, 1.165) is 27.5 Å². The first-order chi connectivity index (χ1) is 22.8. The first-order valence-corrected chi connectivity index (χ1v) is 21.7. The van der Waals surface area contributed by atoms with Crippen LogP contribution in [0.15, 0.2) is 39.2 Å². The highest BCUT2D eigenvalue weighted by Crippen LogP contribution is 2.70. The summed E-state index contributed by atoms with van der Waals surface area (Å²) in [6, 6.07) is 2.29. The largest absolute Gasteiger partial charge is 0.293 e. The SMILES string of the molecule is CCN1C(=O)/C(=C/C2=CC3=C(c4sc5c(sc6cc(/C=C7\SC(=S)N(CC)C7=O)sc65)c4C34CCCCC4)C23CCCCC3)SC1=S. The summed E-state index contributed by atoms with van der Waals surface area (Å²) in [4.78, 5) is 34.0. The second-order valence-corrected chi connectivity index (χ2v) is 19.9. The lowest BCUT2D eigenvalue weighted by atomic mass is 9.66. The number of hydrogen-bond acceptors (Lipinski definition) is 9. The molecule has 47 heavy (non-hydrogen) atoms. The highest BCUT2D eigenvalue weighted by Gasteiger charge is 2.56. The predicted molar refractivity (Wildman–Crippen MR) is 212 cm³/mol. The van der Waals surface area contributed by atoms with E-state index in [2.05, 4.69) is 18.2 Å². The Kier molecular flexibility index (Phi) is 7.66. The fraction of sp³-hybridized carbons (Fsp3) is 0.444. The molecule has 4 nitrogen and oxygen atoms in total. The molecule has 3 aromatic heterocycles. The molecule has 0 atom stereocenters. The number of likely N-dealkylation sites (N-methyl/N-ethyl adjacent to an activating group) is 2. The zero-order valence-corrected chi connectivity index (χ0v) is 32.1. The van der Waals surface area contributed by atoms with E-state index in [0.29, 0.717) is 21.7 Å². The van der Waals surface area contributed by atoms with E-state index in [-0.39, 0.29) is 22.6 Å². The second kappa shape index (κ2) is 11.5. The quantitative estimate of drug-likeness (QED) is 0.195. The first kappa shape index (κ1) is 31.4. The number of hydrogen-bond donors (Lipinski definition) is 0. The van der Waals surface area contributed by atoms with Crippen molar-refractivity contribution in [3.63, 3.8) is 0 Å². The maximum Gasteiger partial charge on any atom is 0.266 e. The lowest BCUT2D eigenvalue weighted by Crippen LogP contribution is -2.28. The molecule has 2 saturated heterocycles. The number of thioether (sulfide) groups is 2. The van der Waals surface area contributed by atoms with Gasteiger partial charge in [0.2, 0.25) is 0 Å². The van der Waals surface area contributed by atoms with Gasteiger partial charge in [-0.3, -0.25) is 19.4 Å². The normalized spacial score (nSPS) is 25.4. The Balaban J connectivity index is 1.19. The van der Waals surface area contributed by atoms with Crippen LogP contribution in [0.2, 0.25) is 0 Å². The van der Waals surface area contributed by atoms with E-state index >= 15 is 0 Å². The van der Waals surface area contributed by atoms with Crippen molar-refractivity contribution in [1.82, 2.24) is 9.80 Å². The van der Waals surface area contributed by atoms with Crippen molar-refractivity contribution in [3.05, 3.63) is 54.5 Å². The molecule has 0 aromatic carbocycles. The third kappa shape index (κ3) is 4.42. The number of fused-ring (bicyclic) bond motifs is 9. The summed E-state index contributed by atoms with van der Waals surface area (Å²) >= 11 is 19.8. The van der Waals surface area contributed by atoms with Gasteiger partial charge in [0.1, 0.15) is 8.64 Å². The molecule has 242 valence electrons. The molecular formula is C36H34N2O2S7. The van der Waals surface area contributed by atoms with Crippen molar-refractivity contribution in [3.8, 4) is 0 Å². The summed E-state index contributed by atoms with van der Waals surface area (Å²) < 4.78 is 6.95. The van der Waals surface area contributed by atoms with Gasteiger partial charge in [-0.05, 0) is 80.0 Å². The minimum atomic E-state index is -0.0287. The molecule has 0 N–H and O–H groups in total. The number of thiocarbonyl (C=S) groups is 2. The molecular weight excluding hydrogens is 717 g/mol. The van der Waals surface area contributed by atoms with E-state index < -0.39 is 0 Å². The molecule has 2 spiro atoms. The molecule has 2 saturated carbocycles. The Hall–Kier alpha value is -1.60. The summed E-state index contributed by atoms with van der Waals surface area (Å²) in [6.07, 6.45) is 19.1. The van der Waals surface area contributed by atoms with Gasteiger partial charge < -0.3 is 0 Å². The third-order valence-corrected chi connectivity index (χ3v) is 17.8. The summed E-state index contributed by atoms with van der Waals surface area (Å²) in [6.45, 7) is 5.21. The number of carbonyl (C=O) groups excluding carboxylic acids is 2. The van der Waals surface area contributed by atoms with Gasteiger partial charge in [-0.15, -0.1) is 34.0 Å². The average Bonchev–Trinajstić information content (AvgIpc) is 3.90. The molecule has 11 heteroatoms. The van der Waals surface area contributed by atoms with Crippen LogP contribution in [0.5, 0.6) is 0 Å². The van der Waals surface area contributed by atoms with Gasteiger partial charge in [-0.1, -0.05) is 92.6 Å². The molecule has 9 rings (SSSR count). The van der Waals surface area contributed by atoms with Crippen LogP contribution in [0.3, 0.4) is 0 Å². The zero-order valence-electron chi connectivity index (χ0n) is 26.4. The number of nitrogens with zero attached hydrogens (tertiary/aromatic N) is 2. The molecule has 4 fully saturated rings. The summed E-state index contributed by atoms with van der Waals surface area (Å²) in [7, 11) is 0. The smallest absolute Gasteiger partial charge is 0.266 e. The molecule has 0 radical (unpaired) electrons. The molecule has 4 aliphatic carbocycles. The van der Waals surface area contributed by atoms with Crippen molar-refractivity contribution in [2.45, 2.75) is 83.5 Å². The third-order valence-electron chi connectivity index (χ3n) is 11.2. The lowest BCUT2D eigenvalue weighted by Gasteiger charge is -2.38. The maximum atomic E-state index is 13.4. The molecule has 2 aliphatic heterocycles.